The molecule has 1 aromatic carbocycles. The minimum absolute atomic E-state index is 0.387. The summed E-state index contributed by atoms with van der Waals surface area (Å²) in [7, 11) is 0. The van der Waals surface area contributed by atoms with Gasteiger partial charge in [0.15, 0.2) is 4.34 Å². The first-order valence-electron chi connectivity index (χ1n) is 6.18. The van der Waals surface area contributed by atoms with Crippen molar-refractivity contribution in [1.82, 2.24) is 15.5 Å². The zero-order valence-electron chi connectivity index (χ0n) is 11.1. The number of hydrogen-bond acceptors (Lipinski definition) is 6. The normalized spacial score (nSPS) is 13.8. The summed E-state index contributed by atoms with van der Waals surface area (Å²) < 4.78 is 0.824. The first-order chi connectivity index (χ1) is 9.69. The van der Waals surface area contributed by atoms with Crippen LogP contribution in [0, 0.1) is 0 Å². The number of carbonyl (C=O) groups is 1. The Hall–Kier alpha value is -1.44. The summed E-state index contributed by atoms with van der Waals surface area (Å²) in [5.74, 6) is 0.0950. The molecule has 106 valence electrons. The van der Waals surface area contributed by atoms with Gasteiger partial charge in [-0.25, -0.2) is 0 Å². The van der Waals surface area contributed by atoms with Crippen molar-refractivity contribution in [1.29, 1.82) is 0 Å². The summed E-state index contributed by atoms with van der Waals surface area (Å²) in [6.45, 7) is 2.60. The van der Waals surface area contributed by atoms with Crippen LogP contribution in [0.5, 0.6) is 0 Å². The minimum Gasteiger partial charge on any atom is -0.368 e. The number of thioether (sulfide) groups is 1. The molecule has 0 aliphatic rings. The van der Waals surface area contributed by atoms with Gasteiger partial charge in [-0.15, -0.1) is 10.2 Å². The van der Waals surface area contributed by atoms with E-state index in [-0.39, 0.29) is 5.91 Å². The van der Waals surface area contributed by atoms with Crippen LogP contribution in [0.3, 0.4) is 0 Å². The summed E-state index contributed by atoms with van der Waals surface area (Å²) in [5, 5.41) is 11.0. The highest BCUT2D eigenvalue weighted by Gasteiger charge is 2.38. The molecule has 0 spiro atoms. The molecular weight excluding hydrogens is 292 g/mol. The Morgan fingerprint density at radius 2 is 2.20 bits per heavy atom. The van der Waals surface area contributed by atoms with Gasteiger partial charge in [0.05, 0.1) is 0 Å². The average molecular weight is 308 g/mol. The van der Waals surface area contributed by atoms with Gasteiger partial charge in [-0.2, -0.15) is 0 Å². The van der Waals surface area contributed by atoms with E-state index in [9.17, 15) is 4.79 Å². The molecule has 0 bridgehead atoms. The fraction of sp³-hybridized carbons (Fsp3) is 0.308. The van der Waals surface area contributed by atoms with E-state index in [4.69, 9.17) is 5.73 Å². The van der Waals surface area contributed by atoms with Crippen molar-refractivity contribution in [3.63, 3.8) is 0 Å². The molecule has 0 radical (unpaired) electrons. The second-order valence-corrected chi connectivity index (χ2v) is 6.21. The minimum atomic E-state index is -0.896. The molecule has 1 aromatic heterocycles. The van der Waals surface area contributed by atoms with Gasteiger partial charge in [0.1, 0.15) is 11.0 Å². The lowest BCUT2D eigenvalue weighted by atomic mass is 9.91. The van der Waals surface area contributed by atoms with Gasteiger partial charge in [0.2, 0.25) is 5.91 Å². The third kappa shape index (κ3) is 3.17. The predicted molar refractivity (Wildman–Crippen MR) is 81.6 cm³/mol. The second kappa shape index (κ2) is 6.83. The molecule has 1 heterocycles. The molecule has 3 N–H and O–H groups in total. The summed E-state index contributed by atoms with van der Waals surface area (Å²) >= 11 is 2.93. The van der Waals surface area contributed by atoms with Gasteiger partial charge >= 0.3 is 0 Å². The van der Waals surface area contributed by atoms with E-state index in [0.717, 1.165) is 9.90 Å². The number of amides is 1. The smallest absolute Gasteiger partial charge is 0.243 e. The van der Waals surface area contributed by atoms with Crippen LogP contribution in [0.1, 0.15) is 12.5 Å². The molecule has 1 unspecified atom stereocenters. The van der Waals surface area contributed by atoms with E-state index in [1.807, 2.05) is 37.3 Å². The van der Waals surface area contributed by atoms with E-state index in [1.54, 1.807) is 5.51 Å². The average Bonchev–Trinajstić information content (AvgIpc) is 2.97. The van der Waals surface area contributed by atoms with E-state index in [2.05, 4.69) is 15.5 Å². The van der Waals surface area contributed by atoms with Crippen molar-refractivity contribution < 1.29 is 4.79 Å². The molecule has 0 fully saturated rings. The molecule has 0 saturated carbocycles. The van der Waals surface area contributed by atoms with Crippen LogP contribution >= 0.6 is 23.1 Å². The van der Waals surface area contributed by atoms with Crippen LogP contribution in [-0.4, -0.2) is 28.4 Å². The number of nitrogens with one attached hydrogen (secondary N) is 1. The van der Waals surface area contributed by atoms with Crippen molar-refractivity contribution >= 4 is 29.0 Å². The molecule has 20 heavy (non-hydrogen) atoms. The van der Waals surface area contributed by atoms with Crippen molar-refractivity contribution in [2.24, 2.45) is 5.73 Å². The highest BCUT2D eigenvalue weighted by molar-refractivity contribution is 8.01. The van der Waals surface area contributed by atoms with Crippen molar-refractivity contribution in [3.8, 4) is 0 Å². The van der Waals surface area contributed by atoms with Gasteiger partial charge in [-0.3, -0.25) is 10.1 Å². The second-order valence-electron chi connectivity index (χ2n) is 4.16. The van der Waals surface area contributed by atoms with Gasteiger partial charge in [-0.1, -0.05) is 60.4 Å². The van der Waals surface area contributed by atoms with Crippen LogP contribution < -0.4 is 11.1 Å². The molecule has 0 aliphatic heterocycles. The number of rotatable bonds is 7. The maximum Gasteiger partial charge on any atom is 0.243 e. The Kier molecular flexibility index (Phi) is 5.11. The Balaban J connectivity index is 2.29. The van der Waals surface area contributed by atoms with E-state index >= 15 is 0 Å². The molecular formula is C13H16N4OS2. The van der Waals surface area contributed by atoms with E-state index < -0.39 is 5.54 Å². The number of benzene rings is 1. The molecule has 1 atom stereocenters. The largest absolute Gasteiger partial charge is 0.368 e. The third-order valence-electron chi connectivity index (χ3n) is 2.92. The fourth-order valence-electron chi connectivity index (χ4n) is 1.96. The standard InChI is InChI=1S/C13H16N4OS2/c1-2-15-13(11(14)18,10-6-4-3-5-7-10)8-19-12-17-16-9-20-12/h3-7,9,15H,2,8H2,1H3,(H2,14,18). The Morgan fingerprint density at radius 1 is 1.45 bits per heavy atom. The van der Waals surface area contributed by atoms with Gasteiger partial charge in [0, 0.05) is 5.75 Å². The molecule has 5 nitrogen and oxygen atoms in total. The summed E-state index contributed by atoms with van der Waals surface area (Å²) in [5.41, 5.74) is 7.32. The maximum absolute atomic E-state index is 12.1. The monoisotopic (exact) mass is 308 g/mol. The maximum atomic E-state index is 12.1. The summed E-state index contributed by atoms with van der Waals surface area (Å²) in [4.78, 5) is 12.1. The number of carbonyl (C=O) groups excluding carboxylic acids is 1. The summed E-state index contributed by atoms with van der Waals surface area (Å²) in [6.07, 6.45) is 0. The first kappa shape index (κ1) is 15.0. The SMILES string of the molecule is CCNC(CSc1nncs1)(C(N)=O)c1ccccc1. The Morgan fingerprint density at radius 3 is 2.75 bits per heavy atom. The zero-order chi connectivity index (χ0) is 14.4. The van der Waals surface area contributed by atoms with Gasteiger partial charge in [-0.05, 0) is 12.1 Å². The summed E-state index contributed by atoms with van der Waals surface area (Å²) in [6, 6.07) is 9.54. The quantitative estimate of drug-likeness (QED) is 0.760. The topological polar surface area (TPSA) is 80.9 Å². The molecule has 2 aromatic rings. The number of aromatic nitrogens is 2. The molecule has 0 aliphatic carbocycles. The number of nitrogens with zero attached hydrogens (tertiary/aromatic N) is 2. The lowest BCUT2D eigenvalue weighted by Gasteiger charge is -2.31. The predicted octanol–water partition coefficient (Wildman–Crippen LogP) is 1.62. The van der Waals surface area contributed by atoms with Crippen molar-refractivity contribution in [3.05, 3.63) is 41.4 Å². The zero-order valence-corrected chi connectivity index (χ0v) is 12.7. The first-order valence-corrected chi connectivity index (χ1v) is 8.05. The number of hydrogen-bond donors (Lipinski definition) is 2. The van der Waals surface area contributed by atoms with Crippen LogP contribution in [-0.2, 0) is 10.3 Å². The molecule has 2 rings (SSSR count). The molecule has 0 saturated heterocycles. The van der Waals surface area contributed by atoms with Crippen LogP contribution in [0.15, 0.2) is 40.2 Å². The van der Waals surface area contributed by atoms with Crippen LogP contribution in [0.2, 0.25) is 0 Å². The lowest BCUT2D eigenvalue weighted by Crippen LogP contribution is -2.54. The Labute approximate surface area is 126 Å². The highest BCUT2D eigenvalue weighted by Crippen LogP contribution is 2.30. The number of primary amides is 1. The van der Waals surface area contributed by atoms with Gasteiger partial charge in [0.25, 0.3) is 0 Å². The molecule has 7 heteroatoms. The third-order valence-corrected chi connectivity index (χ3v) is 4.95. The molecule has 1 amide bonds. The van der Waals surface area contributed by atoms with Crippen molar-refractivity contribution in [2.75, 3.05) is 12.3 Å². The number of likely N-dealkylation sites (N-methyl/N-ethyl adjacent to an activating group) is 1. The van der Waals surface area contributed by atoms with Crippen molar-refractivity contribution in [2.45, 2.75) is 16.8 Å². The van der Waals surface area contributed by atoms with Gasteiger partial charge < -0.3 is 5.73 Å². The van der Waals surface area contributed by atoms with E-state index in [0.29, 0.717) is 12.3 Å². The highest BCUT2D eigenvalue weighted by atomic mass is 32.2. The lowest BCUT2D eigenvalue weighted by molar-refractivity contribution is -0.123. The van der Waals surface area contributed by atoms with Crippen LogP contribution in [0.4, 0.5) is 0 Å². The van der Waals surface area contributed by atoms with Crippen LogP contribution in [0.25, 0.3) is 0 Å². The fourth-order valence-corrected chi connectivity index (χ4v) is 3.67. The van der Waals surface area contributed by atoms with E-state index in [1.165, 1.54) is 23.1 Å². The Bertz CT molecular complexity index is 547. The number of nitrogens with two attached hydrogens (primary N) is 1.